The molecule has 74 valence electrons. The topological polar surface area (TPSA) is 26.3 Å². The summed E-state index contributed by atoms with van der Waals surface area (Å²) >= 11 is 0. The van der Waals surface area contributed by atoms with Gasteiger partial charge in [-0.1, -0.05) is 12.2 Å². The predicted molar refractivity (Wildman–Crippen MR) is 54.4 cm³/mol. The summed E-state index contributed by atoms with van der Waals surface area (Å²) in [5, 5.41) is 0. The van der Waals surface area contributed by atoms with Crippen LogP contribution in [0.25, 0.3) is 0 Å². The molecule has 0 aliphatic heterocycles. The zero-order chi connectivity index (χ0) is 10.4. The van der Waals surface area contributed by atoms with Crippen molar-refractivity contribution in [2.24, 2.45) is 0 Å². The Bertz CT molecular complexity index is 216. The Kier molecular flexibility index (Phi) is 5.12. The summed E-state index contributed by atoms with van der Waals surface area (Å²) in [7, 11) is 0. The third-order valence-corrected chi connectivity index (χ3v) is 1.69. The van der Waals surface area contributed by atoms with Gasteiger partial charge in [-0.15, -0.1) is 6.58 Å². The lowest BCUT2D eigenvalue weighted by Gasteiger charge is -2.16. The van der Waals surface area contributed by atoms with Crippen molar-refractivity contribution in [3.63, 3.8) is 0 Å². The zero-order valence-electron chi connectivity index (χ0n) is 8.72. The summed E-state index contributed by atoms with van der Waals surface area (Å²) in [6.45, 7) is 12.8. The molecule has 0 saturated heterocycles. The van der Waals surface area contributed by atoms with Crippen LogP contribution in [0.2, 0.25) is 0 Å². The maximum Gasteiger partial charge on any atom is 0.303 e. The minimum Gasteiger partial charge on any atom is -0.458 e. The number of rotatable bonds is 5. The van der Waals surface area contributed by atoms with Crippen LogP contribution in [-0.4, -0.2) is 12.1 Å². The molecule has 0 fully saturated rings. The Balaban J connectivity index is 4.02. The first-order valence-electron chi connectivity index (χ1n) is 4.40. The fourth-order valence-corrected chi connectivity index (χ4v) is 0.984. The van der Waals surface area contributed by atoms with Gasteiger partial charge in [0.1, 0.15) is 6.10 Å². The van der Waals surface area contributed by atoms with E-state index in [1.165, 1.54) is 6.92 Å². The molecule has 0 aliphatic carbocycles. The van der Waals surface area contributed by atoms with Crippen LogP contribution in [0, 0.1) is 0 Å². The summed E-state index contributed by atoms with van der Waals surface area (Å²) in [4.78, 5) is 10.7. The maximum absolute atomic E-state index is 10.7. The number of hydrogen-bond donors (Lipinski definition) is 0. The number of allylic oxidation sites excluding steroid dienone is 1. The molecular formula is C11H18O2. The predicted octanol–water partition coefficient (Wildman–Crippen LogP) is 2.85. The van der Waals surface area contributed by atoms with Gasteiger partial charge in [-0.25, -0.2) is 0 Å². The molecule has 0 aromatic carbocycles. The van der Waals surface area contributed by atoms with Crippen LogP contribution in [0.3, 0.4) is 0 Å². The zero-order valence-corrected chi connectivity index (χ0v) is 8.72. The molecule has 13 heavy (non-hydrogen) atoms. The minimum atomic E-state index is -0.255. The van der Waals surface area contributed by atoms with Crippen LogP contribution in [0.1, 0.15) is 33.6 Å². The van der Waals surface area contributed by atoms with E-state index in [0.717, 1.165) is 24.0 Å². The van der Waals surface area contributed by atoms with Crippen molar-refractivity contribution in [3.05, 3.63) is 24.3 Å². The Morgan fingerprint density at radius 1 is 1.31 bits per heavy atom. The molecule has 0 radical (unpaired) electrons. The quantitative estimate of drug-likeness (QED) is 0.482. The molecule has 0 bridgehead atoms. The van der Waals surface area contributed by atoms with Gasteiger partial charge in [0.25, 0.3) is 0 Å². The van der Waals surface area contributed by atoms with Crippen molar-refractivity contribution in [1.29, 1.82) is 0 Å². The van der Waals surface area contributed by atoms with E-state index >= 15 is 0 Å². The van der Waals surface area contributed by atoms with Crippen LogP contribution >= 0.6 is 0 Å². The molecule has 1 atom stereocenters. The Morgan fingerprint density at radius 2 is 1.85 bits per heavy atom. The molecular weight excluding hydrogens is 164 g/mol. The van der Waals surface area contributed by atoms with Crippen LogP contribution < -0.4 is 0 Å². The molecule has 0 spiro atoms. The molecule has 0 N–H and O–H groups in total. The summed E-state index contributed by atoms with van der Waals surface area (Å²) in [6, 6.07) is 0. The second kappa shape index (κ2) is 5.57. The molecule has 0 saturated carbocycles. The monoisotopic (exact) mass is 182 g/mol. The third kappa shape index (κ3) is 6.14. The molecule has 0 aromatic rings. The molecule has 0 heterocycles. The van der Waals surface area contributed by atoms with Crippen molar-refractivity contribution < 1.29 is 9.53 Å². The van der Waals surface area contributed by atoms with E-state index in [4.69, 9.17) is 4.74 Å². The third-order valence-electron chi connectivity index (χ3n) is 1.69. The first-order chi connectivity index (χ1) is 5.93. The standard InChI is InChI=1S/C11H18O2/c1-8(2)6-7-11(9(3)4)13-10(5)12/h11H,1,3,6-7H2,2,4-5H3/t11-/m1/s1. The average Bonchev–Trinajstić information content (AvgIpc) is 1.96. The lowest BCUT2D eigenvalue weighted by Crippen LogP contribution is -2.17. The fourth-order valence-electron chi connectivity index (χ4n) is 0.984. The van der Waals surface area contributed by atoms with Gasteiger partial charge in [-0.3, -0.25) is 4.79 Å². The van der Waals surface area contributed by atoms with E-state index in [0.29, 0.717) is 0 Å². The number of ether oxygens (including phenoxy) is 1. The Labute approximate surface area is 80.3 Å². The number of carbonyl (C=O) groups excluding carboxylic acids is 1. The largest absolute Gasteiger partial charge is 0.458 e. The highest BCUT2D eigenvalue weighted by molar-refractivity contribution is 5.66. The number of esters is 1. The van der Waals surface area contributed by atoms with Crippen molar-refractivity contribution >= 4 is 5.97 Å². The first-order valence-corrected chi connectivity index (χ1v) is 4.40. The second-order valence-corrected chi connectivity index (χ2v) is 3.44. The van der Waals surface area contributed by atoms with Gasteiger partial charge >= 0.3 is 5.97 Å². The number of hydrogen-bond acceptors (Lipinski definition) is 2. The van der Waals surface area contributed by atoms with Gasteiger partial charge in [0.05, 0.1) is 0 Å². The smallest absolute Gasteiger partial charge is 0.303 e. The summed E-state index contributed by atoms with van der Waals surface area (Å²) in [5.74, 6) is -0.255. The molecule has 0 rings (SSSR count). The molecule has 0 aromatic heterocycles. The summed E-state index contributed by atoms with van der Waals surface area (Å²) < 4.78 is 5.08. The van der Waals surface area contributed by atoms with Gasteiger partial charge in [0.15, 0.2) is 0 Å². The SMILES string of the molecule is C=C(C)CC[C@@H](OC(C)=O)C(=C)C. The van der Waals surface area contributed by atoms with Gasteiger partial charge in [-0.2, -0.15) is 0 Å². The molecule has 0 amide bonds. The van der Waals surface area contributed by atoms with Crippen LogP contribution in [0.5, 0.6) is 0 Å². The van der Waals surface area contributed by atoms with Crippen molar-refractivity contribution in [2.45, 2.75) is 39.7 Å². The summed E-state index contributed by atoms with van der Waals surface area (Å²) in [5.41, 5.74) is 1.98. The van der Waals surface area contributed by atoms with E-state index in [-0.39, 0.29) is 12.1 Å². The highest BCUT2D eigenvalue weighted by Crippen LogP contribution is 2.14. The highest BCUT2D eigenvalue weighted by Gasteiger charge is 2.11. The van der Waals surface area contributed by atoms with E-state index in [2.05, 4.69) is 13.2 Å². The van der Waals surface area contributed by atoms with Crippen molar-refractivity contribution in [3.8, 4) is 0 Å². The van der Waals surface area contributed by atoms with Crippen LogP contribution in [-0.2, 0) is 9.53 Å². The van der Waals surface area contributed by atoms with E-state index in [1.807, 2.05) is 13.8 Å². The molecule has 2 nitrogen and oxygen atoms in total. The lowest BCUT2D eigenvalue weighted by molar-refractivity contribution is -0.144. The highest BCUT2D eigenvalue weighted by atomic mass is 16.5. The minimum absolute atomic E-state index is 0.158. The lowest BCUT2D eigenvalue weighted by atomic mass is 10.1. The van der Waals surface area contributed by atoms with Gasteiger partial charge < -0.3 is 4.74 Å². The van der Waals surface area contributed by atoms with E-state index in [9.17, 15) is 4.79 Å². The van der Waals surface area contributed by atoms with E-state index < -0.39 is 0 Å². The number of carbonyl (C=O) groups is 1. The normalized spacial score (nSPS) is 11.9. The van der Waals surface area contributed by atoms with Crippen molar-refractivity contribution in [2.75, 3.05) is 0 Å². The Morgan fingerprint density at radius 3 is 2.15 bits per heavy atom. The van der Waals surface area contributed by atoms with E-state index in [1.54, 1.807) is 0 Å². The van der Waals surface area contributed by atoms with Gasteiger partial charge in [0, 0.05) is 6.92 Å². The van der Waals surface area contributed by atoms with Crippen LogP contribution in [0.4, 0.5) is 0 Å². The van der Waals surface area contributed by atoms with Crippen molar-refractivity contribution in [1.82, 2.24) is 0 Å². The second-order valence-electron chi connectivity index (χ2n) is 3.44. The molecule has 0 aliphatic rings. The average molecular weight is 182 g/mol. The van der Waals surface area contributed by atoms with Gasteiger partial charge in [-0.05, 0) is 32.3 Å². The first kappa shape index (κ1) is 11.9. The fraction of sp³-hybridized carbons (Fsp3) is 0.545. The van der Waals surface area contributed by atoms with Gasteiger partial charge in [0.2, 0.25) is 0 Å². The Hall–Kier alpha value is -1.05. The van der Waals surface area contributed by atoms with Crippen LogP contribution in [0.15, 0.2) is 24.3 Å². The molecule has 0 unspecified atom stereocenters. The summed E-state index contributed by atoms with van der Waals surface area (Å²) in [6.07, 6.45) is 1.49. The maximum atomic E-state index is 10.7. The molecule has 2 heteroatoms.